The van der Waals surface area contributed by atoms with E-state index >= 15 is 0 Å². The molecule has 76 heavy (non-hydrogen) atoms. The molecule has 2 N–H and O–H groups in total. The number of esters is 2. The van der Waals surface area contributed by atoms with Gasteiger partial charge < -0.3 is 75.6 Å². The Kier molecular flexibility index (Phi) is 53.5. The molecule has 0 aromatic heterocycles. The molecule has 0 unspecified atom stereocenters. The molecular formula is C50H124Cl2N2O14Si8. The van der Waals surface area contributed by atoms with E-state index in [4.69, 9.17) is 48.7 Å². The monoisotopic (exact) mass is 1270 g/mol. The third kappa shape index (κ3) is 56.1. The number of halogens is 2. The molecule has 0 heterocycles. The van der Waals surface area contributed by atoms with E-state index in [0.29, 0.717) is 42.1 Å². The minimum Gasteiger partial charge on any atom is -1.00 e. The van der Waals surface area contributed by atoms with Crippen molar-refractivity contribution in [2.75, 3.05) is 93.7 Å². The maximum Gasteiger partial charge on any atom is 0.333 e. The van der Waals surface area contributed by atoms with Crippen molar-refractivity contribution in [1.82, 2.24) is 4.90 Å². The van der Waals surface area contributed by atoms with E-state index in [-0.39, 0.29) is 80.1 Å². The molecule has 0 aromatic carbocycles. The van der Waals surface area contributed by atoms with E-state index in [0.717, 1.165) is 62.9 Å². The van der Waals surface area contributed by atoms with Crippen LogP contribution in [0.2, 0.25) is 129 Å². The maximum atomic E-state index is 11.4. The number of rotatable bonds is 37. The molecule has 16 nitrogen and oxygen atoms in total. The highest BCUT2D eigenvalue weighted by Crippen LogP contribution is 2.29. The highest BCUT2D eigenvalue weighted by Gasteiger charge is 2.45. The maximum absolute atomic E-state index is 11.4. The average Bonchev–Trinajstić information content (AvgIpc) is 3.14. The lowest BCUT2D eigenvalue weighted by Crippen LogP contribution is -3.00. The predicted octanol–water partition coefficient (Wildman–Crippen LogP) is 9.84. The van der Waals surface area contributed by atoms with Crippen LogP contribution in [0.15, 0.2) is 24.3 Å². The molecule has 0 spiro atoms. The third-order valence-corrected chi connectivity index (χ3v) is 40.9. The molecule has 0 fully saturated rings. The Balaban J connectivity index is -0.000000181. The molecule has 0 aliphatic heterocycles. The van der Waals surface area contributed by atoms with Crippen molar-refractivity contribution >= 4 is 91.1 Å². The van der Waals surface area contributed by atoms with Crippen LogP contribution in [-0.4, -0.2) is 193 Å². The second kappa shape index (κ2) is 43.9. The number of aliphatic hydroxyl groups is 2. The van der Waals surface area contributed by atoms with Gasteiger partial charge >= 0.3 is 46.2 Å². The first-order chi connectivity index (χ1) is 32.0. The first kappa shape index (κ1) is 92.7. The van der Waals surface area contributed by atoms with Crippen LogP contribution in [0.3, 0.4) is 0 Å². The standard InChI is InChI=1S/C23H54NO7Si4.C22H51NO6Si4.CH3ClO.4CH4.ClH/c1-22(2)23(26)28-18-17-27-16-14-20-33(7,8)30-35(11,12)31-34(9,10)29-32(5,6)19-13-15-24(3,4)21-25;1-21(2)22(24)26-18-17-25-16-14-20-31(7,8)28-33(11,12)29-32(9,10)27-30(5,6)19-13-15-23(3)4;2-1-3;;;;;/h25H,1,13-21H2,2-12H3;1,13-20H2,2-12H3;3H,1H2;4*1H4;1H/q+1;;;;;;;/p-1. The van der Waals surface area contributed by atoms with E-state index in [9.17, 15) is 14.7 Å². The minimum atomic E-state index is -2.37. The number of alkyl halides is 1. The molecule has 0 rings (SSSR count). The summed E-state index contributed by atoms with van der Waals surface area (Å²) in [7, 11) is -8.52. The Morgan fingerprint density at radius 3 is 1.00 bits per heavy atom. The molecule has 0 radical (unpaired) electrons. The van der Waals surface area contributed by atoms with Crippen molar-refractivity contribution in [1.29, 1.82) is 0 Å². The number of hydrogen-bond acceptors (Lipinski definition) is 15. The highest BCUT2D eigenvalue weighted by atomic mass is 35.5. The van der Waals surface area contributed by atoms with Gasteiger partial charge in [-0.3, -0.25) is 0 Å². The quantitative estimate of drug-likeness (QED) is 0.0115. The Labute approximate surface area is 489 Å². The molecule has 0 aromatic rings. The Hall–Kier alpha value is 0.255. The lowest BCUT2D eigenvalue weighted by molar-refractivity contribution is -0.908. The summed E-state index contributed by atoms with van der Waals surface area (Å²) in [5, 5.41) is 16.8. The molecule has 464 valence electrons. The SMILES string of the molecule is C.C.C.C.C=C(C)C(=O)OCCOCCC[Si](C)(C)O[Si](C)(C)O[Si](C)(C)O[Si](C)(C)CCCN(C)C.C=C(C)C(=O)OCCOCCC[Si](C)(C)O[Si](C)(C)O[Si](C)(C)O[Si](C)(C)CCC[N+](C)(C)CO.OCCl.[Cl-]. The summed E-state index contributed by atoms with van der Waals surface area (Å²) >= 11 is 4.55. The zero-order valence-electron chi connectivity index (χ0n) is 49.6. The lowest BCUT2D eigenvalue weighted by Gasteiger charge is -2.41. The van der Waals surface area contributed by atoms with Gasteiger partial charge in [-0.05, 0) is 189 Å². The predicted molar refractivity (Wildman–Crippen MR) is 340 cm³/mol. The number of hydrogen-bond donors (Lipinski definition) is 2. The van der Waals surface area contributed by atoms with E-state index in [1.165, 1.54) is 0 Å². The van der Waals surface area contributed by atoms with Crippen molar-refractivity contribution in [3.05, 3.63) is 24.3 Å². The van der Waals surface area contributed by atoms with Crippen molar-refractivity contribution in [3.8, 4) is 0 Å². The van der Waals surface area contributed by atoms with E-state index in [1.807, 2.05) is 14.1 Å². The van der Waals surface area contributed by atoms with Crippen molar-refractivity contribution < 1.29 is 80.3 Å². The zero-order valence-corrected chi connectivity index (χ0v) is 59.1. The zero-order chi connectivity index (χ0) is 56.2. The summed E-state index contributed by atoms with van der Waals surface area (Å²) in [5.41, 5.74) is 0.800. The number of carbonyl (C=O) groups excluding carboxylic acids is 2. The van der Waals surface area contributed by atoms with Gasteiger partial charge in [-0.1, -0.05) is 54.5 Å². The largest absolute Gasteiger partial charge is 1.00 e. The normalized spacial score (nSPS) is 12.4. The van der Waals surface area contributed by atoms with E-state index in [1.54, 1.807) is 13.8 Å². The highest BCUT2D eigenvalue weighted by molar-refractivity contribution is 6.90. The Morgan fingerprint density at radius 1 is 0.487 bits per heavy atom. The number of ether oxygens (including phenoxy) is 4. The summed E-state index contributed by atoms with van der Waals surface area (Å²) < 4.78 is 61.8. The fraction of sp³-hybridized carbons (Fsp3) is 0.880. The Bertz CT molecular complexity index is 1530. The number of nitrogens with zero attached hydrogens (tertiary/aromatic N) is 2. The molecule has 0 aliphatic rings. The molecule has 0 saturated carbocycles. The van der Waals surface area contributed by atoms with E-state index < -0.39 is 67.5 Å². The first-order valence-electron chi connectivity index (χ1n) is 25.3. The van der Waals surface area contributed by atoms with Crippen LogP contribution in [0.4, 0.5) is 0 Å². The number of aliphatic hydroxyl groups excluding tert-OH is 2. The second-order valence-electron chi connectivity index (χ2n) is 23.4. The summed E-state index contributed by atoms with van der Waals surface area (Å²) in [5.74, 6) is -0.753. The second-order valence-corrected chi connectivity index (χ2v) is 55.9. The van der Waals surface area contributed by atoms with Crippen LogP contribution >= 0.6 is 11.6 Å². The summed E-state index contributed by atoms with van der Waals surface area (Å²) in [6, 6.07) is 3.87. The molecule has 26 heteroatoms. The van der Waals surface area contributed by atoms with Crippen LogP contribution in [0.25, 0.3) is 0 Å². The number of carbonyl (C=O) groups is 2. The molecule has 0 bridgehead atoms. The third-order valence-electron chi connectivity index (χ3n) is 10.1. The van der Waals surface area contributed by atoms with Crippen LogP contribution in [-0.2, 0) is 53.2 Å². The average molecular weight is 1270 g/mol. The lowest BCUT2D eigenvalue weighted by atomic mass is 10.4. The van der Waals surface area contributed by atoms with E-state index in [2.05, 4.69) is 149 Å². The van der Waals surface area contributed by atoms with Crippen LogP contribution in [0, 0.1) is 0 Å². The van der Waals surface area contributed by atoms with Gasteiger partial charge in [-0.15, -0.1) is 0 Å². The summed E-state index contributed by atoms with van der Waals surface area (Å²) in [6.45, 7) is 50.3. The molecule has 0 amide bonds. The molecule has 0 saturated heterocycles. The molecular weight excluding hydrogens is 1150 g/mol. The Morgan fingerprint density at radius 2 is 0.750 bits per heavy atom. The first-order valence-corrected chi connectivity index (χ1v) is 49.5. The fourth-order valence-electron chi connectivity index (χ4n) is 7.99. The smallest absolute Gasteiger partial charge is 0.333 e. The van der Waals surface area contributed by atoms with Crippen LogP contribution < -0.4 is 12.4 Å². The number of quaternary nitrogens is 1. The van der Waals surface area contributed by atoms with Crippen molar-refractivity contribution in [2.45, 2.75) is 198 Å². The van der Waals surface area contributed by atoms with Gasteiger partial charge in [0.05, 0.1) is 33.9 Å². The summed E-state index contributed by atoms with van der Waals surface area (Å²) in [6.07, 6.45) is 4.01. The van der Waals surface area contributed by atoms with Gasteiger partial charge in [0, 0.05) is 24.4 Å². The topological polar surface area (TPSA) is 170 Å². The van der Waals surface area contributed by atoms with Gasteiger partial charge in [0.2, 0.25) is 0 Å². The minimum absolute atomic E-state index is 0. The van der Waals surface area contributed by atoms with Gasteiger partial charge in [-0.2, -0.15) is 0 Å². The van der Waals surface area contributed by atoms with Gasteiger partial charge in [0.1, 0.15) is 19.3 Å². The van der Waals surface area contributed by atoms with Gasteiger partial charge in [0.15, 0.2) is 40.0 Å². The van der Waals surface area contributed by atoms with Crippen LogP contribution in [0.5, 0.6) is 0 Å². The van der Waals surface area contributed by atoms with Gasteiger partial charge in [0.25, 0.3) is 0 Å². The van der Waals surface area contributed by atoms with Gasteiger partial charge in [-0.25, -0.2) is 9.59 Å². The van der Waals surface area contributed by atoms with Crippen molar-refractivity contribution in [2.24, 2.45) is 0 Å². The van der Waals surface area contributed by atoms with Crippen molar-refractivity contribution in [3.63, 3.8) is 0 Å². The summed E-state index contributed by atoms with van der Waals surface area (Å²) in [4.78, 5) is 24.9. The molecule has 0 atom stereocenters. The molecule has 0 aliphatic carbocycles. The van der Waals surface area contributed by atoms with Crippen LogP contribution in [0.1, 0.15) is 69.2 Å². The fourth-order valence-corrected chi connectivity index (χ4v) is 46.6.